The fourth-order valence-electron chi connectivity index (χ4n) is 1.87. The molecule has 1 aromatic carbocycles. The van der Waals surface area contributed by atoms with Gasteiger partial charge in [0.05, 0.1) is 23.1 Å². The molecule has 0 bridgehead atoms. The van der Waals surface area contributed by atoms with Crippen molar-refractivity contribution in [2.75, 3.05) is 17.7 Å². The SMILES string of the molecule is CCOC(=O)Cc1nnc(SCC(=O)Nc2ccc(Cl)cc2Cl)n1C. The van der Waals surface area contributed by atoms with Crippen molar-refractivity contribution in [1.29, 1.82) is 0 Å². The highest BCUT2D eigenvalue weighted by molar-refractivity contribution is 7.99. The second-order valence-corrected chi connectivity index (χ2v) is 6.69. The van der Waals surface area contributed by atoms with Crippen LogP contribution in [-0.4, -0.2) is 39.0 Å². The molecule has 0 aliphatic rings. The van der Waals surface area contributed by atoms with E-state index in [4.69, 9.17) is 27.9 Å². The molecule has 0 saturated heterocycles. The summed E-state index contributed by atoms with van der Waals surface area (Å²) in [5.74, 6) is -0.0272. The number of esters is 1. The highest BCUT2D eigenvalue weighted by Crippen LogP contribution is 2.25. The molecule has 2 rings (SSSR count). The van der Waals surface area contributed by atoms with Crippen LogP contribution in [0.1, 0.15) is 12.7 Å². The number of hydrogen-bond acceptors (Lipinski definition) is 6. The van der Waals surface area contributed by atoms with Gasteiger partial charge in [0.1, 0.15) is 12.2 Å². The van der Waals surface area contributed by atoms with Gasteiger partial charge in [0.25, 0.3) is 0 Å². The first-order chi connectivity index (χ1) is 11.9. The number of nitrogens with zero attached hydrogens (tertiary/aromatic N) is 3. The number of benzene rings is 1. The van der Waals surface area contributed by atoms with Crippen LogP contribution in [-0.2, 0) is 27.8 Å². The van der Waals surface area contributed by atoms with Crippen LogP contribution in [0, 0.1) is 0 Å². The van der Waals surface area contributed by atoms with E-state index in [1.807, 2.05) is 0 Å². The van der Waals surface area contributed by atoms with Crippen molar-refractivity contribution in [1.82, 2.24) is 14.8 Å². The van der Waals surface area contributed by atoms with Gasteiger partial charge in [-0.1, -0.05) is 35.0 Å². The Hall–Kier alpha value is -1.77. The van der Waals surface area contributed by atoms with Crippen molar-refractivity contribution in [2.45, 2.75) is 18.5 Å². The number of carbonyl (C=O) groups excluding carboxylic acids is 2. The van der Waals surface area contributed by atoms with Crippen LogP contribution in [0.15, 0.2) is 23.4 Å². The Labute approximate surface area is 159 Å². The summed E-state index contributed by atoms with van der Waals surface area (Å²) >= 11 is 13.0. The molecule has 0 radical (unpaired) electrons. The maximum Gasteiger partial charge on any atom is 0.313 e. The molecule has 0 saturated carbocycles. The Bertz CT molecular complexity index is 782. The van der Waals surface area contributed by atoms with E-state index in [2.05, 4.69) is 15.5 Å². The van der Waals surface area contributed by atoms with Gasteiger partial charge in [0.15, 0.2) is 5.16 Å². The van der Waals surface area contributed by atoms with Crippen LogP contribution in [0.2, 0.25) is 10.0 Å². The fraction of sp³-hybridized carbons (Fsp3) is 0.333. The number of amides is 1. The van der Waals surface area contributed by atoms with Crippen molar-refractivity contribution < 1.29 is 14.3 Å². The number of thioether (sulfide) groups is 1. The summed E-state index contributed by atoms with van der Waals surface area (Å²) in [5, 5.41) is 12.0. The van der Waals surface area contributed by atoms with E-state index in [9.17, 15) is 9.59 Å². The van der Waals surface area contributed by atoms with Gasteiger partial charge in [-0.3, -0.25) is 9.59 Å². The molecular formula is C15H16Cl2N4O3S. The second-order valence-electron chi connectivity index (χ2n) is 4.90. The first kappa shape index (κ1) is 19.6. The van der Waals surface area contributed by atoms with Crippen LogP contribution in [0.5, 0.6) is 0 Å². The van der Waals surface area contributed by atoms with Gasteiger partial charge in [-0.05, 0) is 25.1 Å². The van der Waals surface area contributed by atoms with Gasteiger partial charge in [-0.15, -0.1) is 10.2 Å². The van der Waals surface area contributed by atoms with Gasteiger partial charge >= 0.3 is 5.97 Å². The first-order valence-electron chi connectivity index (χ1n) is 7.32. The van der Waals surface area contributed by atoms with Crippen LogP contribution in [0.3, 0.4) is 0 Å². The van der Waals surface area contributed by atoms with E-state index in [0.29, 0.717) is 33.3 Å². The van der Waals surface area contributed by atoms with Gasteiger partial charge in [-0.25, -0.2) is 0 Å². The third kappa shape index (κ3) is 5.62. The third-order valence-corrected chi connectivity index (χ3v) is 4.64. The molecule has 1 amide bonds. The number of carbonyl (C=O) groups is 2. The molecule has 0 fully saturated rings. The molecule has 0 atom stereocenters. The number of nitrogens with one attached hydrogen (secondary N) is 1. The highest BCUT2D eigenvalue weighted by Gasteiger charge is 2.15. The second kappa shape index (κ2) is 9.07. The molecule has 1 aromatic heterocycles. The maximum atomic E-state index is 12.0. The minimum absolute atomic E-state index is 0.0322. The summed E-state index contributed by atoms with van der Waals surface area (Å²) in [6, 6.07) is 4.82. The largest absolute Gasteiger partial charge is 0.466 e. The Balaban J connectivity index is 1.91. The molecule has 0 aliphatic carbocycles. The average Bonchev–Trinajstić information content (AvgIpc) is 2.89. The first-order valence-corrected chi connectivity index (χ1v) is 9.06. The summed E-state index contributed by atoms with van der Waals surface area (Å²) in [4.78, 5) is 23.6. The van der Waals surface area contributed by atoms with Crippen molar-refractivity contribution in [3.05, 3.63) is 34.1 Å². The number of ether oxygens (including phenoxy) is 1. The van der Waals surface area contributed by atoms with Gasteiger partial charge in [0.2, 0.25) is 5.91 Å². The van der Waals surface area contributed by atoms with Gasteiger partial charge in [-0.2, -0.15) is 0 Å². The van der Waals surface area contributed by atoms with E-state index in [0.717, 1.165) is 0 Å². The van der Waals surface area contributed by atoms with E-state index in [1.54, 1.807) is 36.7 Å². The van der Waals surface area contributed by atoms with Crippen molar-refractivity contribution in [2.24, 2.45) is 7.05 Å². The summed E-state index contributed by atoms with van der Waals surface area (Å²) < 4.78 is 6.54. The lowest BCUT2D eigenvalue weighted by Gasteiger charge is -2.07. The summed E-state index contributed by atoms with van der Waals surface area (Å²) in [7, 11) is 1.73. The quantitative estimate of drug-likeness (QED) is 0.565. The molecule has 0 unspecified atom stereocenters. The zero-order valence-corrected chi connectivity index (χ0v) is 15.9. The van der Waals surface area contributed by atoms with Gasteiger partial charge in [0, 0.05) is 12.1 Å². The van der Waals surface area contributed by atoms with E-state index < -0.39 is 0 Å². The lowest BCUT2D eigenvalue weighted by molar-refractivity contribution is -0.142. The predicted molar refractivity (Wildman–Crippen MR) is 97.2 cm³/mol. The average molecular weight is 403 g/mol. The van der Waals surface area contributed by atoms with Crippen molar-refractivity contribution in [3.8, 4) is 0 Å². The standard InChI is InChI=1S/C15H16Cl2N4O3S/c1-3-24-14(23)7-12-19-20-15(21(12)2)25-8-13(22)18-11-5-4-9(16)6-10(11)17/h4-6H,3,7-8H2,1-2H3,(H,18,22). The molecule has 25 heavy (non-hydrogen) atoms. The number of halogens is 2. The fourth-order valence-corrected chi connectivity index (χ4v) is 3.06. The minimum atomic E-state index is -0.371. The Morgan fingerprint density at radius 3 is 2.76 bits per heavy atom. The normalized spacial score (nSPS) is 10.6. The predicted octanol–water partition coefficient (Wildman–Crippen LogP) is 2.96. The Morgan fingerprint density at radius 2 is 2.08 bits per heavy atom. The molecule has 10 heteroatoms. The molecule has 0 spiro atoms. The van der Waals surface area contributed by atoms with E-state index in [1.165, 1.54) is 11.8 Å². The molecule has 1 heterocycles. The topological polar surface area (TPSA) is 86.1 Å². The molecule has 7 nitrogen and oxygen atoms in total. The van der Waals surface area contributed by atoms with Crippen LogP contribution in [0.25, 0.3) is 0 Å². The lowest BCUT2D eigenvalue weighted by atomic mass is 10.3. The van der Waals surface area contributed by atoms with Crippen LogP contribution >= 0.6 is 35.0 Å². The molecule has 2 aromatic rings. The number of rotatable bonds is 7. The van der Waals surface area contributed by atoms with E-state index in [-0.39, 0.29) is 24.1 Å². The van der Waals surface area contributed by atoms with Crippen LogP contribution < -0.4 is 5.32 Å². The molecule has 134 valence electrons. The molecular weight excluding hydrogens is 387 g/mol. The summed E-state index contributed by atoms with van der Waals surface area (Å²) in [6.07, 6.45) is 0.0322. The Morgan fingerprint density at radius 1 is 1.32 bits per heavy atom. The number of aromatic nitrogens is 3. The third-order valence-electron chi connectivity index (χ3n) is 3.07. The maximum absolute atomic E-state index is 12.0. The number of anilines is 1. The minimum Gasteiger partial charge on any atom is -0.466 e. The molecule has 1 N–H and O–H groups in total. The lowest BCUT2D eigenvalue weighted by Crippen LogP contribution is -2.15. The van der Waals surface area contributed by atoms with Crippen molar-refractivity contribution in [3.63, 3.8) is 0 Å². The smallest absolute Gasteiger partial charge is 0.313 e. The highest BCUT2D eigenvalue weighted by atomic mass is 35.5. The summed E-state index contributed by atoms with van der Waals surface area (Å²) in [5.41, 5.74) is 0.484. The van der Waals surface area contributed by atoms with Crippen LogP contribution in [0.4, 0.5) is 5.69 Å². The summed E-state index contributed by atoms with van der Waals surface area (Å²) in [6.45, 7) is 2.05. The monoisotopic (exact) mass is 402 g/mol. The zero-order chi connectivity index (χ0) is 18.4. The van der Waals surface area contributed by atoms with Gasteiger partial charge < -0.3 is 14.6 Å². The molecule has 0 aliphatic heterocycles. The Kier molecular flexibility index (Phi) is 7.10. The number of hydrogen-bond donors (Lipinski definition) is 1. The van der Waals surface area contributed by atoms with Crippen molar-refractivity contribution >= 4 is 52.5 Å². The zero-order valence-electron chi connectivity index (χ0n) is 13.6. The van der Waals surface area contributed by atoms with E-state index >= 15 is 0 Å².